The summed E-state index contributed by atoms with van der Waals surface area (Å²) >= 11 is 0. The van der Waals surface area contributed by atoms with Gasteiger partial charge < -0.3 is 50.0 Å². The van der Waals surface area contributed by atoms with E-state index in [1.54, 1.807) is 13.0 Å². The van der Waals surface area contributed by atoms with Gasteiger partial charge >= 0.3 is 5.97 Å². The Morgan fingerprint density at radius 3 is 2.52 bits per heavy atom. The number of aliphatic hydroxyl groups is 5. The van der Waals surface area contributed by atoms with E-state index in [9.17, 15) is 45.3 Å². The van der Waals surface area contributed by atoms with Crippen molar-refractivity contribution in [2.24, 2.45) is 17.8 Å². The van der Waals surface area contributed by atoms with Gasteiger partial charge in [0.2, 0.25) is 6.29 Å². The third-order valence-electron chi connectivity index (χ3n) is 10.5. The molecule has 50 heavy (non-hydrogen) atoms. The minimum Gasteiger partial charge on any atom is -0.506 e. The minimum absolute atomic E-state index is 0.00180. The predicted octanol–water partition coefficient (Wildman–Crippen LogP) is 3.37. The molecule has 2 aliphatic rings. The number of benzene rings is 3. The summed E-state index contributed by atoms with van der Waals surface area (Å²) in [6.07, 6.45) is -4.52. The van der Waals surface area contributed by atoms with Crippen molar-refractivity contribution in [2.75, 3.05) is 26.4 Å². The minimum atomic E-state index is -2.07. The quantitative estimate of drug-likeness (QED) is 0.121. The molecule has 2 fully saturated rings. The molecule has 5 rings (SSSR count). The Balaban J connectivity index is 1.40. The number of carboxylic acids is 1. The first-order valence-electron chi connectivity index (χ1n) is 17.2. The number of Topliss-reactive ketones (excluding diaryl/α,β-unsaturated/α-hetero) is 1. The molecule has 0 aromatic heterocycles. The lowest BCUT2D eigenvalue weighted by Crippen LogP contribution is -2.67. The number of hydrogen-bond acceptors (Lipinski definition) is 11. The molecule has 2 saturated heterocycles. The number of ketones is 1. The lowest BCUT2D eigenvalue weighted by molar-refractivity contribution is -0.315. The standard InChI is InChI=1S/C38H48O12/c1-21(27-12-15-48-20-24(27)11-14-39)10-13-38(47)30(19-40)50-37(34(43)35(38)44)49-29-18-26(36(45)46)17-25-16-22(2)31(33(42)32(25)29)28(41)9-8-23-6-4-3-5-7-23/h3-7,16-18,21,24,27,30,34-35,37,39-40,42-44,47H,8-15,19-20H2,1-2H3,(H,45,46). The van der Waals surface area contributed by atoms with Crippen molar-refractivity contribution in [3.8, 4) is 11.5 Å². The van der Waals surface area contributed by atoms with Crippen LogP contribution < -0.4 is 4.74 Å². The molecular weight excluding hydrogens is 648 g/mol. The largest absolute Gasteiger partial charge is 0.506 e. The van der Waals surface area contributed by atoms with Gasteiger partial charge in [-0.1, -0.05) is 43.3 Å². The van der Waals surface area contributed by atoms with E-state index in [4.69, 9.17) is 14.2 Å². The normalized spacial score (nSPS) is 27.6. The molecule has 0 radical (unpaired) electrons. The Bertz CT molecular complexity index is 1640. The van der Waals surface area contributed by atoms with E-state index < -0.39 is 48.5 Å². The Hall–Kier alpha value is -3.62. The maximum Gasteiger partial charge on any atom is 0.335 e. The second kappa shape index (κ2) is 16.2. The first kappa shape index (κ1) is 37.6. The van der Waals surface area contributed by atoms with Crippen LogP contribution in [0, 0.1) is 24.7 Å². The monoisotopic (exact) mass is 696 g/mol. The number of hydrogen-bond donors (Lipinski definition) is 7. The number of carboxylic acid groups (broad SMARTS) is 1. The van der Waals surface area contributed by atoms with Crippen LogP contribution in [-0.4, -0.2) is 104 Å². The van der Waals surface area contributed by atoms with Gasteiger partial charge in [0.15, 0.2) is 5.78 Å². The smallest absolute Gasteiger partial charge is 0.335 e. The second-order valence-electron chi connectivity index (χ2n) is 13.7. The Morgan fingerprint density at radius 2 is 1.84 bits per heavy atom. The van der Waals surface area contributed by atoms with Crippen molar-refractivity contribution < 1.29 is 59.5 Å². The summed E-state index contributed by atoms with van der Waals surface area (Å²) in [5, 5.41) is 75.7. The van der Waals surface area contributed by atoms with E-state index in [1.807, 2.05) is 37.3 Å². The molecule has 8 atom stereocenters. The summed E-state index contributed by atoms with van der Waals surface area (Å²) in [5.74, 6) is -1.92. The Labute approximate surface area is 290 Å². The first-order chi connectivity index (χ1) is 23.9. The van der Waals surface area contributed by atoms with Crippen LogP contribution >= 0.6 is 0 Å². The van der Waals surface area contributed by atoms with Crippen LogP contribution in [0.5, 0.6) is 11.5 Å². The van der Waals surface area contributed by atoms with Gasteiger partial charge in [0.05, 0.1) is 23.1 Å². The summed E-state index contributed by atoms with van der Waals surface area (Å²) in [6.45, 7) is 4.06. The van der Waals surface area contributed by atoms with Gasteiger partial charge in [-0.3, -0.25) is 4.79 Å². The number of ether oxygens (including phenoxy) is 3. The highest BCUT2D eigenvalue weighted by molar-refractivity contribution is 6.09. The SMILES string of the molecule is Cc1cc2cc(C(=O)O)cc(OC3OC(CO)C(O)(CCC(C)C4CCOCC4CCO)C(O)C3O)c2c(O)c1C(=O)CCc1ccccc1. The van der Waals surface area contributed by atoms with Crippen molar-refractivity contribution >= 4 is 22.5 Å². The summed E-state index contributed by atoms with van der Waals surface area (Å²) in [4.78, 5) is 25.5. The molecule has 12 nitrogen and oxygen atoms in total. The maximum atomic E-state index is 13.4. The van der Waals surface area contributed by atoms with Gasteiger partial charge in [-0.2, -0.15) is 0 Å². The number of aromatic carboxylic acids is 1. The fourth-order valence-electron chi connectivity index (χ4n) is 7.64. The number of aromatic hydroxyl groups is 1. The maximum absolute atomic E-state index is 13.4. The summed E-state index contributed by atoms with van der Waals surface area (Å²) < 4.78 is 17.5. The Kier molecular flexibility index (Phi) is 12.2. The molecule has 3 aromatic carbocycles. The van der Waals surface area contributed by atoms with Gasteiger partial charge in [-0.05, 0) is 85.4 Å². The number of carbonyl (C=O) groups excluding carboxylic acids is 1. The van der Waals surface area contributed by atoms with Crippen LogP contribution in [0.15, 0.2) is 48.5 Å². The van der Waals surface area contributed by atoms with Crippen molar-refractivity contribution in [1.82, 2.24) is 0 Å². The molecule has 0 saturated carbocycles. The molecule has 2 heterocycles. The van der Waals surface area contributed by atoms with E-state index in [1.165, 1.54) is 6.07 Å². The third kappa shape index (κ3) is 7.81. The van der Waals surface area contributed by atoms with Gasteiger partial charge in [-0.25, -0.2) is 4.79 Å². The van der Waals surface area contributed by atoms with Gasteiger partial charge in [-0.15, -0.1) is 0 Å². The molecule has 0 aliphatic carbocycles. The number of aryl methyl sites for hydroxylation is 2. The zero-order valence-corrected chi connectivity index (χ0v) is 28.4. The molecule has 7 N–H and O–H groups in total. The van der Waals surface area contributed by atoms with E-state index in [0.717, 1.165) is 18.1 Å². The molecule has 0 bridgehead atoms. The lowest BCUT2D eigenvalue weighted by Gasteiger charge is -2.48. The summed E-state index contributed by atoms with van der Waals surface area (Å²) in [7, 11) is 0. The zero-order valence-electron chi connectivity index (χ0n) is 28.4. The zero-order chi connectivity index (χ0) is 36.2. The van der Waals surface area contributed by atoms with Crippen LogP contribution in [0.4, 0.5) is 0 Å². The molecule has 0 amide bonds. The van der Waals surface area contributed by atoms with Crippen molar-refractivity contribution in [1.29, 1.82) is 0 Å². The van der Waals surface area contributed by atoms with Crippen molar-refractivity contribution in [2.45, 2.75) is 82.6 Å². The number of phenolic OH excluding ortho intramolecular Hbond substituents is 1. The van der Waals surface area contributed by atoms with Gasteiger partial charge in [0.1, 0.15) is 35.4 Å². The fraction of sp³-hybridized carbons (Fsp3) is 0.526. The lowest BCUT2D eigenvalue weighted by atomic mass is 9.73. The van der Waals surface area contributed by atoms with Crippen molar-refractivity contribution in [3.63, 3.8) is 0 Å². The second-order valence-corrected chi connectivity index (χ2v) is 13.7. The molecule has 2 aliphatic heterocycles. The van der Waals surface area contributed by atoms with Crippen LogP contribution in [-0.2, 0) is 15.9 Å². The molecule has 12 heteroatoms. The molecule has 272 valence electrons. The van der Waals surface area contributed by atoms with E-state index in [2.05, 4.69) is 0 Å². The number of rotatable bonds is 14. The highest BCUT2D eigenvalue weighted by Crippen LogP contribution is 2.43. The Morgan fingerprint density at radius 1 is 1.10 bits per heavy atom. The molecular formula is C38H48O12. The molecule has 0 spiro atoms. The topological polar surface area (TPSA) is 203 Å². The molecule has 8 unspecified atom stereocenters. The highest BCUT2D eigenvalue weighted by Gasteiger charge is 2.55. The van der Waals surface area contributed by atoms with Crippen LogP contribution in [0.2, 0.25) is 0 Å². The van der Waals surface area contributed by atoms with Crippen LogP contribution in [0.1, 0.15) is 70.9 Å². The number of fused-ring (bicyclic) bond motifs is 1. The summed E-state index contributed by atoms with van der Waals surface area (Å²) in [6, 6.07) is 13.4. The van der Waals surface area contributed by atoms with Crippen LogP contribution in [0.3, 0.4) is 0 Å². The van der Waals surface area contributed by atoms with Gasteiger partial charge in [0.25, 0.3) is 0 Å². The van der Waals surface area contributed by atoms with Gasteiger partial charge in [0, 0.05) is 26.2 Å². The summed E-state index contributed by atoms with van der Waals surface area (Å²) in [5.41, 5.74) is -0.874. The number of carbonyl (C=O) groups is 2. The predicted molar refractivity (Wildman–Crippen MR) is 182 cm³/mol. The highest BCUT2D eigenvalue weighted by atomic mass is 16.7. The van der Waals surface area contributed by atoms with E-state index in [0.29, 0.717) is 38.0 Å². The number of phenols is 1. The average molecular weight is 697 g/mol. The van der Waals surface area contributed by atoms with Crippen molar-refractivity contribution in [3.05, 3.63) is 70.8 Å². The number of aliphatic hydroxyl groups excluding tert-OH is 4. The third-order valence-corrected chi connectivity index (χ3v) is 10.5. The first-order valence-corrected chi connectivity index (χ1v) is 17.2. The average Bonchev–Trinajstić information content (AvgIpc) is 3.10. The fourth-order valence-corrected chi connectivity index (χ4v) is 7.64. The van der Waals surface area contributed by atoms with E-state index >= 15 is 0 Å². The van der Waals surface area contributed by atoms with E-state index in [-0.39, 0.29) is 70.6 Å². The molecule has 3 aromatic rings. The van der Waals surface area contributed by atoms with Crippen LogP contribution in [0.25, 0.3) is 10.8 Å².